The van der Waals surface area contributed by atoms with Crippen molar-refractivity contribution in [2.75, 3.05) is 5.75 Å². The lowest BCUT2D eigenvalue weighted by molar-refractivity contribution is -0.122. The molecular weight excluding hydrogens is 607 g/mol. The number of hydrogen-bond donors (Lipinski definition) is 3. The Morgan fingerprint density at radius 3 is 1.40 bits per heavy atom. The van der Waals surface area contributed by atoms with Crippen molar-refractivity contribution < 1.29 is 22.9 Å². The molecule has 276 valence electrons. The van der Waals surface area contributed by atoms with Gasteiger partial charge in [-0.05, 0) is 51.4 Å². The molecule has 0 aliphatic heterocycles. The molecule has 7 heteroatoms. The van der Waals surface area contributed by atoms with E-state index in [2.05, 4.69) is 43.5 Å². The second kappa shape index (κ2) is 34.4. The third-order valence-corrected chi connectivity index (χ3v) is 9.57. The van der Waals surface area contributed by atoms with E-state index in [0.717, 1.165) is 51.4 Å². The van der Waals surface area contributed by atoms with Gasteiger partial charge >= 0.3 is 0 Å². The van der Waals surface area contributed by atoms with Crippen LogP contribution in [0.1, 0.15) is 194 Å². The summed E-state index contributed by atoms with van der Waals surface area (Å²) in [7, 11) is -4.35. The van der Waals surface area contributed by atoms with Crippen molar-refractivity contribution in [2.45, 2.75) is 206 Å². The van der Waals surface area contributed by atoms with Gasteiger partial charge in [-0.2, -0.15) is 8.42 Å². The maximum Gasteiger partial charge on any atom is 0.267 e. The highest BCUT2D eigenvalue weighted by atomic mass is 32.2. The molecule has 0 saturated heterocycles. The molecule has 0 heterocycles. The number of unbranched alkanes of at least 4 members (excludes halogenated alkanes) is 23. The third-order valence-electron chi connectivity index (χ3n) is 8.79. The molecule has 0 aromatic heterocycles. The number of carbonyl (C=O) groups excluding carboxylic acids is 1. The number of allylic oxidation sites excluding steroid dienone is 5. The molecule has 2 unspecified atom stereocenters. The maximum atomic E-state index is 12.4. The van der Waals surface area contributed by atoms with Crippen molar-refractivity contribution in [3.05, 3.63) is 36.5 Å². The Hall–Kier alpha value is -1.44. The molecule has 3 N–H and O–H groups in total. The molecule has 0 saturated carbocycles. The average molecular weight is 682 g/mol. The van der Waals surface area contributed by atoms with Gasteiger partial charge in [-0.15, -0.1) is 0 Å². The zero-order valence-corrected chi connectivity index (χ0v) is 31.5. The summed E-state index contributed by atoms with van der Waals surface area (Å²) in [6.45, 7) is 4.47. The predicted octanol–water partition coefficient (Wildman–Crippen LogP) is 11.4. The van der Waals surface area contributed by atoms with Crippen LogP contribution in [0.5, 0.6) is 0 Å². The summed E-state index contributed by atoms with van der Waals surface area (Å²) in [5.41, 5.74) is 0. The van der Waals surface area contributed by atoms with Crippen molar-refractivity contribution in [2.24, 2.45) is 0 Å². The topological polar surface area (TPSA) is 104 Å². The summed E-state index contributed by atoms with van der Waals surface area (Å²) in [4.78, 5) is 12.4. The van der Waals surface area contributed by atoms with Gasteiger partial charge in [0, 0.05) is 6.42 Å². The fraction of sp³-hybridized carbons (Fsp3) is 0.825. The van der Waals surface area contributed by atoms with Crippen LogP contribution in [0, 0.1) is 0 Å². The first-order valence-electron chi connectivity index (χ1n) is 19.7. The number of carbonyl (C=O) groups is 1. The molecular formula is C40H75NO5S. The van der Waals surface area contributed by atoms with Crippen LogP contribution >= 0.6 is 0 Å². The molecule has 1 amide bonds. The summed E-state index contributed by atoms with van der Waals surface area (Å²) >= 11 is 0. The van der Waals surface area contributed by atoms with Crippen molar-refractivity contribution in [1.29, 1.82) is 0 Å². The van der Waals surface area contributed by atoms with Crippen molar-refractivity contribution in [3.63, 3.8) is 0 Å². The molecule has 6 nitrogen and oxygen atoms in total. The fourth-order valence-electron chi connectivity index (χ4n) is 5.80. The number of hydrogen-bond acceptors (Lipinski definition) is 4. The molecule has 0 spiro atoms. The minimum atomic E-state index is -4.35. The Labute approximate surface area is 291 Å². The van der Waals surface area contributed by atoms with E-state index in [0.29, 0.717) is 12.8 Å². The van der Waals surface area contributed by atoms with E-state index in [-0.39, 0.29) is 12.3 Å². The molecule has 0 aromatic carbocycles. The number of amides is 1. The molecule has 0 aromatic rings. The second-order valence-corrected chi connectivity index (χ2v) is 15.0. The highest BCUT2D eigenvalue weighted by Crippen LogP contribution is 2.14. The van der Waals surface area contributed by atoms with Crippen LogP contribution in [-0.4, -0.2) is 41.9 Å². The zero-order chi connectivity index (χ0) is 34.7. The molecule has 0 rings (SSSR count). The number of aliphatic hydroxyl groups is 1. The van der Waals surface area contributed by atoms with Crippen LogP contribution in [0.3, 0.4) is 0 Å². The first kappa shape index (κ1) is 45.6. The van der Waals surface area contributed by atoms with Gasteiger partial charge < -0.3 is 10.4 Å². The lowest BCUT2D eigenvalue weighted by Gasteiger charge is -2.21. The van der Waals surface area contributed by atoms with Crippen LogP contribution in [-0.2, 0) is 14.9 Å². The highest BCUT2D eigenvalue weighted by molar-refractivity contribution is 7.85. The number of nitrogens with one attached hydrogen (secondary N) is 1. The van der Waals surface area contributed by atoms with Gasteiger partial charge in [0.05, 0.1) is 17.9 Å². The van der Waals surface area contributed by atoms with Crippen LogP contribution in [0.15, 0.2) is 36.5 Å². The highest BCUT2D eigenvalue weighted by Gasteiger charge is 2.24. The third kappa shape index (κ3) is 35.7. The van der Waals surface area contributed by atoms with E-state index < -0.39 is 28.0 Å². The lowest BCUT2D eigenvalue weighted by Crippen LogP contribution is -2.46. The number of aliphatic hydroxyl groups excluding tert-OH is 1. The fourth-order valence-corrected chi connectivity index (χ4v) is 6.53. The monoisotopic (exact) mass is 682 g/mol. The van der Waals surface area contributed by atoms with Gasteiger partial charge in [0.15, 0.2) is 0 Å². The summed E-state index contributed by atoms with van der Waals surface area (Å²) in [5, 5.41) is 13.2. The normalized spacial score (nSPS) is 13.7. The zero-order valence-electron chi connectivity index (χ0n) is 30.7. The van der Waals surface area contributed by atoms with Crippen LogP contribution in [0.4, 0.5) is 0 Å². The Kier molecular flexibility index (Phi) is 33.4. The Bertz CT molecular complexity index is 883. The lowest BCUT2D eigenvalue weighted by atomic mass is 10.0. The molecule has 2 atom stereocenters. The van der Waals surface area contributed by atoms with Gasteiger partial charge in [-0.25, -0.2) is 0 Å². The first-order chi connectivity index (χ1) is 22.8. The Balaban J connectivity index is 3.95. The van der Waals surface area contributed by atoms with E-state index in [1.807, 2.05) is 6.08 Å². The standard InChI is InChI=1S/C40H75NO5S/c1-3-5-7-9-11-13-15-16-17-18-19-20-21-22-23-24-26-27-29-31-33-35-39(42)38(37-47(44,45)46)41-40(43)36-34-32-30-28-25-14-12-10-8-6-4-2/h10,12,26-27,33,35,38-39,42H,3-9,11,13-25,28-32,34,36-37H2,1-2H3,(H,41,43)(H,44,45,46)/b12-10-,27-26+,35-33+. The van der Waals surface area contributed by atoms with Crippen LogP contribution in [0.2, 0.25) is 0 Å². The SMILES string of the molecule is CCCC/C=C\CCCCCCCC(=O)NC(CS(=O)(=O)O)C(O)/C=C/CC/C=C/CCCCCCCCCCCCCCCCC. The minimum Gasteiger partial charge on any atom is -0.387 e. The van der Waals surface area contributed by atoms with E-state index in [1.165, 1.54) is 115 Å². The van der Waals surface area contributed by atoms with Crippen molar-refractivity contribution in [3.8, 4) is 0 Å². The molecule has 0 fully saturated rings. The Morgan fingerprint density at radius 2 is 0.936 bits per heavy atom. The van der Waals surface area contributed by atoms with E-state index in [1.54, 1.807) is 0 Å². The van der Waals surface area contributed by atoms with Gasteiger partial charge in [0.2, 0.25) is 5.91 Å². The second-order valence-electron chi connectivity index (χ2n) is 13.5. The molecule has 0 aliphatic carbocycles. The maximum absolute atomic E-state index is 12.4. The summed E-state index contributed by atoms with van der Waals surface area (Å²) in [5.74, 6) is -1.01. The van der Waals surface area contributed by atoms with Crippen molar-refractivity contribution >= 4 is 16.0 Å². The molecule has 0 radical (unpaired) electrons. The minimum absolute atomic E-state index is 0.277. The molecule has 0 bridgehead atoms. The molecule has 47 heavy (non-hydrogen) atoms. The van der Waals surface area contributed by atoms with Gasteiger partial charge in [0.1, 0.15) is 0 Å². The summed E-state index contributed by atoms with van der Waals surface area (Å²) in [6, 6.07) is -1.08. The van der Waals surface area contributed by atoms with E-state index in [9.17, 15) is 22.9 Å². The molecule has 0 aliphatic rings. The quantitative estimate of drug-likeness (QED) is 0.0351. The Morgan fingerprint density at radius 1 is 0.553 bits per heavy atom. The first-order valence-corrected chi connectivity index (χ1v) is 21.3. The predicted molar refractivity (Wildman–Crippen MR) is 202 cm³/mol. The van der Waals surface area contributed by atoms with E-state index in [4.69, 9.17) is 0 Å². The van der Waals surface area contributed by atoms with Gasteiger partial charge in [0.25, 0.3) is 10.1 Å². The van der Waals surface area contributed by atoms with Gasteiger partial charge in [-0.1, -0.05) is 172 Å². The average Bonchev–Trinajstić information content (AvgIpc) is 3.03. The van der Waals surface area contributed by atoms with E-state index >= 15 is 0 Å². The van der Waals surface area contributed by atoms with Crippen LogP contribution < -0.4 is 5.32 Å². The largest absolute Gasteiger partial charge is 0.387 e. The van der Waals surface area contributed by atoms with Crippen molar-refractivity contribution in [1.82, 2.24) is 5.32 Å². The van der Waals surface area contributed by atoms with Crippen LogP contribution in [0.25, 0.3) is 0 Å². The van der Waals surface area contributed by atoms with Gasteiger partial charge in [-0.3, -0.25) is 9.35 Å². The smallest absolute Gasteiger partial charge is 0.267 e. The summed E-state index contributed by atoms with van der Waals surface area (Å²) < 4.78 is 32.4. The summed E-state index contributed by atoms with van der Waals surface area (Å²) in [6.07, 6.45) is 44.3. The number of rotatable bonds is 35.